The molecule has 26 heavy (non-hydrogen) atoms. The molecule has 1 aromatic rings. The average Bonchev–Trinajstić information content (AvgIpc) is 3.18. The van der Waals surface area contributed by atoms with Gasteiger partial charge in [-0.1, -0.05) is 25.1 Å². The maximum Gasteiger partial charge on any atom is 0.244 e. The standard InChI is InChI=1S/C19H30N4O2.HI/c1-3-16(25-17-10-6-5-7-11-17)14-21-19(20-4-2)22-15-18(24)23-12-8-9-13-23;/h5-7,10-11,16H,3-4,8-9,12-15H2,1-2H3,(H2,20,21,22);1H. The molecule has 1 saturated heterocycles. The van der Waals surface area contributed by atoms with Crippen LogP contribution in [0, 0.1) is 0 Å². The highest BCUT2D eigenvalue weighted by Crippen LogP contribution is 2.12. The Balaban J connectivity index is 0.00000338. The van der Waals surface area contributed by atoms with E-state index >= 15 is 0 Å². The normalized spacial score (nSPS) is 15.2. The molecule has 0 radical (unpaired) electrons. The van der Waals surface area contributed by atoms with Gasteiger partial charge in [0.25, 0.3) is 0 Å². The minimum absolute atomic E-state index is 0. The second-order valence-corrected chi connectivity index (χ2v) is 6.13. The van der Waals surface area contributed by atoms with Crippen molar-refractivity contribution in [3.05, 3.63) is 30.3 Å². The zero-order valence-corrected chi connectivity index (χ0v) is 18.1. The Kier molecular flexibility index (Phi) is 11.1. The van der Waals surface area contributed by atoms with E-state index in [1.165, 1.54) is 0 Å². The molecule has 1 unspecified atom stereocenters. The predicted octanol–water partition coefficient (Wildman–Crippen LogP) is 2.64. The number of rotatable bonds is 8. The lowest BCUT2D eigenvalue weighted by atomic mass is 10.2. The summed E-state index contributed by atoms with van der Waals surface area (Å²) in [6.45, 7) is 7.40. The molecular formula is C19H31IN4O2. The number of nitrogens with one attached hydrogen (secondary N) is 2. The van der Waals surface area contributed by atoms with Crippen molar-refractivity contribution >= 4 is 35.8 Å². The van der Waals surface area contributed by atoms with Crippen LogP contribution in [0.15, 0.2) is 35.3 Å². The first-order valence-electron chi connectivity index (χ1n) is 9.24. The number of carbonyl (C=O) groups excluding carboxylic acids is 1. The van der Waals surface area contributed by atoms with Gasteiger partial charge in [-0.3, -0.25) is 4.79 Å². The zero-order valence-electron chi connectivity index (χ0n) is 15.7. The molecule has 1 aliphatic rings. The third kappa shape index (κ3) is 7.80. The van der Waals surface area contributed by atoms with Crippen molar-refractivity contribution in [3.8, 4) is 5.75 Å². The van der Waals surface area contributed by atoms with E-state index in [0.29, 0.717) is 12.5 Å². The molecule has 1 fully saturated rings. The number of benzene rings is 1. The van der Waals surface area contributed by atoms with Crippen molar-refractivity contribution in [2.45, 2.75) is 39.2 Å². The Labute approximate surface area is 173 Å². The van der Waals surface area contributed by atoms with Crippen molar-refractivity contribution in [1.29, 1.82) is 0 Å². The molecule has 1 heterocycles. The van der Waals surface area contributed by atoms with Crippen molar-refractivity contribution in [2.24, 2.45) is 4.99 Å². The monoisotopic (exact) mass is 474 g/mol. The van der Waals surface area contributed by atoms with Gasteiger partial charge < -0.3 is 20.3 Å². The Hall–Kier alpha value is -1.51. The summed E-state index contributed by atoms with van der Waals surface area (Å²) in [5.74, 6) is 1.62. The topological polar surface area (TPSA) is 66.0 Å². The fourth-order valence-corrected chi connectivity index (χ4v) is 2.73. The SMILES string of the molecule is CCNC(=NCC(=O)N1CCCC1)NCC(CC)Oc1ccccc1.I. The van der Waals surface area contributed by atoms with Crippen LogP contribution in [-0.2, 0) is 4.79 Å². The number of guanidine groups is 1. The third-order valence-electron chi connectivity index (χ3n) is 4.17. The van der Waals surface area contributed by atoms with E-state index in [2.05, 4.69) is 22.5 Å². The molecule has 0 saturated carbocycles. The first-order valence-corrected chi connectivity index (χ1v) is 9.24. The Morgan fingerprint density at radius 1 is 1.19 bits per heavy atom. The van der Waals surface area contributed by atoms with E-state index in [-0.39, 0.29) is 42.5 Å². The lowest BCUT2D eigenvalue weighted by Crippen LogP contribution is -2.43. The molecular weight excluding hydrogens is 443 g/mol. The van der Waals surface area contributed by atoms with Gasteiger partial charge in [0.05, 0.1) is 6.54 Å². The van der Waals surface area contributed by atoms with Gasteiger partial charge in [0.2, 0.25) is 5.91 Å². The van der Waals surface area contributed by atoms with Crippen LogP contribution in [0.25, 0.3) is 0 Å². The molecule has 1 aliphatic heterocycles. The van der Waals surface area contributed by atoms with E-state index in [0.717, 1.165) is 44.6 Å². The van der Waals surface area contributed by atoms with Gasteiger partial charge in [0, 0.05) is 19.6 Å². The van der Waals surface area contributed by atoms with Crippen LogP contribution in [0.4, 0.5) is 0 Å². The van der Waals surface area contributed by atoms with Crippen molar-refractivity contribution < 1.29 is 9.53 Å². The summed E-state index contributed by atoms with van der Waals surface area (Å²) < 4.78 is 5.98. The highest BCUT2D eigenvalue weighted by atomic mass is 127. The fraction of sp³-hybridized carbons (Fsp3) is 0.579. The molecule has 0 aliphatic carbocycles. The number of likely N-dealkylation sites (tertiary alicyclic amines) is 1. The van der Waals surface area contributed by atoms with Gasteiger partial charge in [-0.25, -0.2) is 4.99 Å². The minimum Gasteiger partial charge on any atom is -0.489 e. The Bertz CT molecular complexity index is 548. The average molecular weight is 474 g/mol. The summed E-state index contributed by atoms with van der Waals surface area (Å²) in [6.07, 6.45) is 3.13. The number of para-hydroxylation sites is 1. The summed E-state index contributed by atoms with van der Waals surface area (Å²) in [7, 11) is 0. The van der Waals surface area contributed by atoms with Crippen LogP contribution < -0.4 is 15.4 Å². The van der Waals surface area contributed by atoms with Crippen LogP contribution in [0.1, 0.15) is 33.1 Å². The van der Waals surface area contributed by atoms with Crippen LogP contribution in [0.5, 0.6) is 5.75 Å². The number of ether oxygens (including phenoxy) is 1. The van der Waals surface area contributed by atoms with E-state index in [1.54, 1.807) is 0 Å². The fourth-order valence-electron chi connectivity index (χ4n) is 2.73. The summed E-state index contributed by atoms with van der Waals surface area (Å²) in [5, 5.41) is 6.47. The quantitative estimate of drug-likeness (QED) is 0.346. The van der Waals surface area contributed by atoms with Crippen molar-refractivity contribution in [2.75, 3.05) is 32.7 Å². The third-order valence-corrected chi connectivity index (χ3v) is 4.17. The molecule has 0 aromatic heterocycles. The second-order valence-electron chi connectivity index (χ2n) is 6.13. The first kappa shape index (κ1) is 22.5. The van der Waals surface area contributed by atoms with E-state index in [1.807, 2.05) is 42.2 Å². The maximum atomic E-state index is 12.1. The second kappa shape index (κ2) is 12.8. The number of amides is 1. The molecule has 7 heteroatoms. The predicted molar refractivity (Wildman–Crippen MR) is 116 cm³/mol. The van der Waals surface area contributed by atoms with Gasteiger partial charge in [-0.15, -0.1) is 24.0 Å². The summed E-state index contributed by atoms with van der Waals surface area (Å²) in [4.78, 5) is 18.4. The molecule has 1 atom stereocenters. The van der Waals surface area contributed by atoms with Crippen LogP contribution in [0.2, 0.25) is 0 Å². The zero-order chi connectivity index (χ0) is 17.9. The lowest BCUT2D eigenvalue weighted by molar-refractivity contribution is -0.128. The van der Waals surface area contributed by atoms with Crippen molar-refractivity contribution in [3.63, 3.8) is 0 Å². The molecule has 0 bridgehead atoms. The number of halogens is 1. The maximum absolute atomic E-state index is 12.1. The van der Waals surface area contributed by atoms with Gasteiger partial charge in [0.1, 0.15) is 18.4 Å². The minimum atomic E-state index is 0. The van der Waals surface area contributed by atoms with Crippen LogP contribution in [-0.4, -0.2) is 55.6 Å². The van der Waals surface area contributed by atoms with Crippen LogP contribution >= 0.6 is 24.0 Å². The molecule has 1 amide bonds. The Morgan fingerprint density at radius 2 is 1.88 bits per heavy atom. The van der Waals surface area contributed by atoms with Crippen molar-refractivity contribution in [1.82, 2.24) is 15.5 Å². The van der Waals surface area contributed by atoms with Gasteiger partial charge in [-0.2, -0.15) is 0 Å². The smallest absolute Gasteiger partial charge is 0.244 e. The molecule has 146 valence electrons. The highest BCUT2D eigenvalue weighted by Gasteiger charge is 2.17. The molecule has 2 N–H and O–H groups in total. The molecule has 0 spiro atoms. The van der Waals surface area contributed by atoms with E-state index in [4.69, 9.17) is 4.74 Å². The van der Waals surface area contributed by atoms with Gasteiger partial charge in [0.15, 0.2) is 5.96 Å². The highest BCUT2D eigenvalue weighted by molar-refractivity contribution is 14.0. The molecule has 6 nitrogen and oxygen atoms in total. The summed E-state index contributed by atoms with van der Waals surface area (Å²) in [6, 6.07) is 9.81. The molecule has 1 aromatic carbocycles. The number of hydrogen-bond donors (Lipinski definition) is 2. The van der Waals surface area contributed by atoms with E-state index < -0.39 is 0 Å². The summed E-state index contributed by atoms with van der Waals surface area (Å²) >= 11 is 0. The molecule has 2 rings (SSSR count). The lowest BCUT2D eigenvalue weighted by Gasteiger charge is -2.20. The van der Waals surface area contributed by atoms with Gasteiger partial charge >= 0.3 is 0 Å². The van der Waals surface area contributed by atoms with Gasteiger partial charge in [-0.05, 0) is 38.3 Å². The summed E-state index contributed by atoms with van der Waals surface area (Å²) in [5.41, 5.74) is 0. The number of nitrogens with zero attached hydrogens (tertiary/aromatic N) is 2. The number of hydrogen-bond acceptors (Lipinski definition) is 3. The first-order chi connectivity index (χ1) is 12.2. The van der Waals surface area contributed by atoms with E-state index in [9.17, 15) is 4.79 Å². The number of carbonyl (C=O) groups is 1. The number of aliphatic imine (C=N–C) groups is 1. The largest absolute Gasteiger partial charge is 0.489 e. The van der Waals surface area contributed by atoms with Crippen LogP contribution in [0.3, 0.4) is 0 Å². The Morgan fingerprint density at radius 3 is 2.50 bits per heavy atom.